The van der Waals surface area contributed by atoms with E-state index in [9.17, 15) is 18.3 Å². The van der Waals surface area contributed by atoms with Crippen molar-refractivity contribution in [2.45, 2.75) is 23.5 Å². The fourth-order valence-corrected chi connectivity index (χ4v) is 5.69. The van der Waals surface area contributed by atoms with Crippen LogP contribution in [-0.2, 0) is 14.8 Å². The Morgan fingerprint density at radius 1 is 1.12 bits per heavy atom. The molecule has 25 heavy (non-hydrogen) atoms. The second kappa shape index (κ2) is 7.47. The number of hydrogen-bond acceptors (Lipinski definition) is 5. The maximum Gasteiger partial charge on any atom is 0.337 e. The number of rotatable bonds is 5. The SMILES string of the molecule is O=C(O)C(=Cc1ccncc1)c1ccc(S(=O)(=O)N2CCCCC2)s1. The van der Waals surface area contributed by atoms with Crippen LogP contribution in [0.1, 0.15) is 29.7 Å². The Morgan fingerprint density at radius 2 is 1.80 bits per heavy atom. The highest BCUT2D eigenvalue weighted by Gasteiger charge is 2.28. The molecule has 0 aromatic carbocycles. The van der Waals surface area contributed by atoms with Crippen LogP contribution in [-0.4, -0.2) is 41.9 Å². The molecule has 3 heterocycles. The summed E-state index contributed by atoms with van der Waals surface area (Å²) in [5.41, 5.74) is 0.762. The van der Waals surface area contributed by atoms with Crippen LogP contribution in [0.3, 0.4) is 0 Å². The van der Waals surface area contributed by atoms with Gasteiger partial charge in [-0.2, -0.15) is 4.31 Å². The second-order valence-electron chi connectivity index (χ2n) is 5.73. The Balaban J connectivity index is 1.93. The van der Waals surface area contributed by atoms with Crippen molar-refractivity contribution in [2.24, 2.45) is 0 Å². The summed E-state index contributed by atoms with van der Waals surface area (Å²) in [5.74, 6) is -1.10. The third kappa shape index (κ3) is 3.97. The molecule has 2 aromatic heterocycles. The van der Waals surface area contributed by atoms with Gasteiger partial charge in [0.05, 0.1) is 5.57 Å². The molecule has 0 aliphatic carbocycles. The quantitative estimate of drug-likeness (QED) is 0.808. The van der Waals surface area contributed by atoms with E-state index < -0.39 is 16.0 Å². The first-order valence-electron chi connectivity index (χ1n) is 7.94. The van der Waals surface area contributed by atoms with E-state index in [2.05, 4.69) is 4.98 Å². The summed E-state index contributed by atoms with van der Waals surface area (Å²) in [6.07, 6.45) is 7.43. The fraction of sp³-hybridized carbons (Fsp3) is 0.294. The van der Waals surface area contributed by atoms with Gasteiger partial charge < -0.3 is 5.11 Å². The normalized spacial score (nSPS) is 16.7. The van der Waals surface area contributed by atoms with Crippen LogP contribution in [0.4, 0.5) is 0 Å². The number of pyridine rings is 1. The van der Waals surface area contributed by atoms with Crippen molar-refractivity contribution in [2.75, 3.05) is 13.1 Å². The molecule has 0 radical (unpaired) electrons. The molecule has 1 saturated heterocycles. The summed E-state index contributed by atoms with van der Waals surface area (Å²) in [5, 5.41) is 9.51. The summed E-state index contributed by atoms with van der Waals surface area (Å²) < 4.78 is 27.1. The molecule has 6 nitrogen and oxygen atoms in total. The minimum atomic E-state index is -3.55. The van der Waals surface area contributed by atoms with E-state index in [0.29, 0.717) is 23.5 Å². The third-order valence-electron chi connectivity index (χ3n) is 4.00. The number of thiophene rings is 1. The minimum absolute atomic E-state index is 0.0660. The molecule has 1 fully saturated rings. The zero-order valence-corrected chi connectivity index (χ0v) is 15.1. The van der Waals surface area contributed by atoms with Gasteiger partial charge in [-0.25, -0.2) is 13.2 Å². The Hall–Kier alpha value is -2.03. The van der Waals surface area contributed by atoms with Crippen LogP contribution < -0.4 is 0 Å². The van der Waals surface area contributed by atoms with Gasteiger partial charge in [-0.3, -0.25) is 4.98 Å². The van der Waals surface area contributed by atoms with Crippen LogP contribution in [0.5, 0.6) is 0 Å². The topological polar surface area (TPSA) is 87.6 Å². The molecular formula is C17H18N2O4S2. The van der Waals surface area contributed by atoms with Gasteiger partial charge >= 0.3 is 5.97 Å². The molecule has 1 aliphatic rings. The molecule has 3 rings (SSSR count). The number of aromatic nitrogens is 1. The standard InChI is InChI=1S/C17H18N2O4S2/c20-17(21)14(12-13-6-8-18-9-7-13)15-4-5-16(24-15)25(22,23)19-10-2-1-3-11-19/h4-9,12H,1-3,10-11H2,(H,20,21). The van der Waals surface area contributed by atoms with Gasteiger partial charge in [0.2, 0.25) is 0 Å². The van der Waals surface area contributed by atoms with Gasteiger partial charge in [-0.05, 0) is 48.7 Å². The Labute approximate surface area is 150 Å². The van der Waals surface area contributed by atoms with E-state index in [1.54, 1.807) is 30.6 Å². The van der Waals surface area contributed by atoms with Gasteiger partial charge in [-0.15, -0.1) is 11.3 Å². The second-order valence-corrected chi connectivity index (χ2v) is 8.98. The van der Waals surface area contributed by atoms with E-state index >= 15 is 0 Å². The lowest BCUT2D eigenvalue weighted by Gasteiger charge is -2.25. The molecule has 0 atom stereocenters. The summed E-state index contributed by atoms with van der Waals surface area (Å²) >= 11 is 0.995. The highest BCUT2D eigenvalue weighted by atomic mass is 32.2. The smallest absolute Gasteiger partial charge is 0.337 e. The van der Waals surface area contributed by atoms with Gasteiger partial charge in [0.1, 0.15) is 4.21 Å². The first-order chi connectivity index (χ1) is 12.0. The molecule has 0 unspecified atom stereocenters. The highest BCUT2D eigenvalue weighted by Crippen LogP contribution is 2.31. The third-order valence-corrected chi connectivity index (χ3v) is 7.49. The van der Waals surface area contributed by atoms with Crippen LogP contribution >= 0.6 is 11.3 Å². The molecule has 8 heteroatoms. The lowest BCUT2D eigenvalue weighted by atomic mass is 10.1. The van der Waals surface area contributed by atoms with Crippen molar-refractivity contribution in [3.63, 3.8) is 0 Å². The average molecular weight is 378 g/mol. The van der Waals surface area contributed by atoms with Crippen molar-refractivity contribution in [1.82, 2.24) is 9.29 Å². The maximum atomic E-state index is 12.7. The number of carboxylic acid groups (broad SMARTS) is 1. The lowest BCUT2D eigenvalue weighted by molar-refractivity contribution is -0.130. The largest absolute Gasteiger partial charge is 0.478 e. The summed E-state index contributed by atoms with van der Waals surface area (Å²) in [7, 11) is -3.55. The van der Waals surface area contributed by atoms with E-state index in [1.807, 2.05) is 0 Å². The molecule has 0 spiro atoms. The summed E-state index contributed by atoms with van der Waals surface area (Å²) in [6.45, 7) is 1.04. The Kier molecular flexibility index (Phi) is 5.31. The predicted octanol–water partition coefficient (Wildman–Crippen LogP) is 2.94. The number of piperidine rings is 1. The number of aliphatic carboxylic acids is 1. The number of sulfonamides is 1. The zero-order valence-electron chi connectivity index (χ0n) is 13.5. The average Bonchev–Trinajstić information content (AvgIpc) is 3.11. The molecule has 0 saturated carbocycles. The lowest BCUT2D eigenvalue weighted by Crippen LogP contribution is -2.35. The van der Waals surface area contributed by atoms with Crippen LogP contribution in [0.15, 0.2) is 40.9 Å². The number of carbonyl (C=O) groups is 1. The van der Waals surface area contributed by atoms with Crippen molar-refractivity contribution in [3.8, 4) is 0 Å². The van der Waals surface area contributed by atoms with E-state index in [4.69, 9.17) is 0 Å². The van der Waals surface area contributed by atoms with Crippen molar-refractivity contribution >= 4 is 39.0 Å². The molecule has 1 N–H and O–H groups in total. The Bertz CT molecular complexity index is 882. The van der Waals surface area contributed by atoms with Gasteiger partial charge in [0, 0.05) is 30.4 Å². The van der Waals surface area contributed by atoms with Crippen molar-refractivity contribution in [3.05, 3.63) is 47.1 Å². The van der Waals surface area contributed by atoms with E-state index in [-0.39, 0.29) is 9.78 Å². The molecule has 0 amide bonds. The highest BCUT2D eigenvalue weighted by molar-refractivity contribution is 7.91. The summed E-state index contributed by atoms with van der Waals surface area (Å²) in [4.78, 5) is 15.9. The predicted molar refractivity (Wildman–Crippen MR) is 96.7 cm³/mol. The number of nitrogens with zero attached hydrogens (tertiary/aromatic N) is 2. The van der Waals surface area contributed by atoms with E-state index in [0.717, 1.165) is 30.6 Å². The maximum absolute atomic E-state index is 12.7. The number of hydrogen-bond donors (Lipinski definition) is 1. The number of carboxylic acids is 1. The molecule has 132 valence electrons. The summed E-state index contributed by atoms with van der Waals surface area (Å²) in [6, 6.07) is 6.44. The van der Waals surface area contributed by atoms with Crippen LogP contribution in [0, 0.1) is 0 Å². The first kappa shape index (κ1) is 17.8. The molecule has 2 aromatic rings. The van der Waals surface area contributed by atoms with Crippen molar-refractivity contribution < 1.29 is 18.3 Å². The zero-order chi connectivity index (χ0) is 17.9. The van der Waals surface area contributed by atoms with Gasteiger partial charge in [0.15, 0.2) is 0 Å². The molecular weight excluding hydrogens is 360 g/mol. The monoisotopic (exact) mass is 378 g/mol. The van der Waals surface area contributed by atoms with Gasteiger partial charge in [-0.1, -0.05) is 6.42 Å². The molecule has 1 aliphatic heterocycles. The first-order valence-corrected chi connectivity index (χ1v) is 10.2. The van der Waals surface area contributed by atoms with Gasteiger partial charge in [0.25, 0.3) is 10.0 Å². The van der Waals surface area contributed by atoms with E-state index in [1.165, 1.54) is 16.4 Å². The van der Waals surface area contributed by atoms with Crippen molar-refractivity contribution in [1.29, 1.82) is 0 Å². The minimum Gasteiger partial charge on any atom is -0.478 e. The van der Waals surface area contributed by atoms with Crippen LogP contribution in [0.25, 0.3) is 11.6 Å². The van der Waals surface area contributed by atoms with Crippen LogP contribution in [0.2, 0.25) is 0 Å². The fourth-order valence-electron chi connectivity index (χ4n) is 2.70. The molecule has 0 bridgehead atoms. The Morgan fingerprint density at radius 3 is 2.44 bits per heavy atom.